The summed E-state index contributed by atoms with van der Waals surface area (Å²) in [4.78, 5) is 0. The van der Waals surface area contributed by atoms with Gasteiger partial charge in [0, 0.05) is 5.38 Å². The molecular formula is C36H76ClN. The fourth-order valence-electron chi connectivity index (χ4n) is 5.44. The molecule has 0 aromatic carbocycles. The molecule has 0 fully saturated rings. The highest BCUT2D eigenvalue weighted by Gasteiger charge is 2.04. The fourth-order valence-corrected chi connectivity index (χ4v) is 5.75. The van der Waals surface area contributed by atoms with Gasteiger partial charge in [-0.1, -0.05) is 200 Å². The molecule has 0 rings (SSSR count). The van der Waals surface area contributed by atoms with E-state index < -0.39 is 0 Å². The maximum absolute atomic E-state index is 6.59. The van der Waals surface area contributed by atoms with E-state index in [2.05, 4.69) is 19.2 Å². The van der Waals surface area contributed by atoms with Crippen LogP contribution in [0.5, 0.6) is 0 Å². The summed E-state index contributed by atoms with van der Waals surface area (Å²) in [7, 11) is 3.75. The van der Waals surface area contributed by atoms with Gasteiger partial charge in [-0.25, -0.2) is 0 Å². The first-order valence-corrected chi connectivity index (χ1v) is 18.4. The van der Waals surface area contributed by atoms with Gasteiger partial charge in [-0.05, 0) is 26.9 Å². The summed E-state index contributed by atoms with van der Waals surface area (Å²) in [6.07, 6.45) is 44.3. The average molecular weight is 558 g/mol. The fraction of sp³-hybridized carbons (Fsp3) is 1.00. The summed E-state index contributed by atoms with van der Waals surface area (Å²) in [5.41, 5.74) is 0. The summed E-state index contributed by atoms with van der Waals surface area (Å²) in [5, 5.41) is 3.19. The number of hydrogen-bond donors (Lipinski definition) is 1. The number of hydrogen-bond acceptors (Lipinski definition) is 1. The Hall–Kier alpha value is 0.250. The standard InChI is InChI=1S/C34H69Cl.C2H7N/c1-3-5-7-9-11-13-15-17-19-21-23-25-27-29-31-33-34(35)32-30-28-26-24-22-20-18-16-14-12-10-8-6-4-2;1-3-2/h34H,3-33H2,1-2H3;3H,1-2H3. The Morgan fingerprint density at radius 2 is 0.500 bits per heavy atom. The lowest BCUT2D eigenvalue weighted by Crippen LogP contribution is -1.98. The lowest BCUT2D eigenvalue weighted by Gasteiger charge is -2.09. The Balaban J connectivity index is 0. The summed E-state index contributed by atoms with van der Waals surface area (Å²) >= 11 is 6.59. The van der Waals surface area contributed by atoms with E-state index in [1.165, 1.54) is 199 Å². The van der Waals surface area contributed by atoms with Crippen molar-refractivity contribution in [1.82, 2.24) is 5.32 Å². The molecule has 1 N–H and O–H groups in total. The molecular weight excluding hydrogens is 482 g/mol. The molecule has 0 aromatic rings. The van der Waals surface area contributed by atoms with Crippen LogP contribution in [0.2, 0.25) is 0 Å². The van der Waals surface area contributed by atoms with Crippen molar-refractivity contribution in [1.29, 1.82) is 0 Å². The van der Waals surface area contributed by atoms with Crippen LogP contribution in [0, 0.1) is 0 Å². The van der Waals surface area contributed by atoms with E-state index in [1.807, 2.05) is 14.1 Å². The third-order valence-electron chi connectivity index (χ3n) is 7.99. The van der Waals surface area contributed by atoms with Gasteiger partial charge in [-0.2, -0.15) is 0 Å². The third-order valence-corrected chi connectivity index (χ3v) is 8.43. The van der Waals surface area contributed by atoms with Gasteiger partial charge in [0.1, 0.15) is 0 Å². The van der Waals surface area contributed by atoms with Crippen LogP contribution >= 0.6 is 11.6 Å². The molecule has 232 valence electrons. The Morgan fingerprint density at radius 3 is 0.684 bits per heavy atom. The first-order chi connectivity index (χ1) is 18.7. The maximum Gasteiger partial charge on any atom is 0.0336 e. The molecule has 0 aromatic heterocycles. The van der Waals surface area contributed by atoms with Crippen LogP contribution < -0.4 is 5.32 Å². The Bertz CT molecular complexity index is 372. The largest absolute Gasteiger partial charge is 0.323 e. The molecule has 0 aliphatic rings. The molecule has 0 saturated carbocycles. The van der Waals surface area contributed by atoms with E-state index in [1.54, 1.807) is 0 Å². The zero-order chi connectivity index (χ0) is 28.2. The van der Waals surface area contributed by atoms with Crippen molar-refractivity contribution in [3.05, 3.63) is 0 Å². The molecule has 0 spiro atoms. The van der Waals surface area contributed by atoms with Crippen molar-refractivity contribution >= 4 is 11.6 Å². The predicted molar refractivity (Wildman–Crippen MR) is 179 cm³/mol. The summed E-state index contributed by atoms with van der Waals surface area (Å²) in [6.45, 7) is 4.60. The molecule has 0 radical (unpaired) electrons. The van der Waals surface area contributed by atoms with Crippen LogP contribution in [-0.4, -0.2) is 19.5 Å². The highest BCUT2D eigenvalue weighted by atomic mass is 35.5. The monoisotopic (exact) mass is 558 g/mol. The average Bonchev–Trinajstić information content (AvgIpc) is 2.91. The van der Waals surface area contributed by atoms with Crippen molar-refractivity contribution in [2.75, 3.05) is 14.1 Å². The molecule has 0 aliphatic heterocycles. The highest BCUT2D eigenvalue weighted by molar-refractivity contribution is 6.20. The number of unbranched alkanes of at least 4 members (excludes halogenated alkanes) is 27. The van der Waals surface area contributed by atoms with Gasteiger partial charge in [0.05, 0.1) is 0 Å². The van der Waals surface area contributed by atoms with E-state index in [9.17, 15) is 0 Å². The molecule has 38 heavy (non-hydrogen) atoms. The van der Waals surface area contributed by atoms with Crippen molar-refractivity contribution < 1.29 is 0 Å². The van der Waals surface area contributed by atoms with Gasteiger partial charge in [-0.15, -0.1) is 11.6 Å². The molecule has 1 atom stereocenters. The molecule has 0 saturated heterocycles. The van der Waals surface area contributed by atoms with E-state index in [0.29, 0.717) is 5.38 Å². The Morgan fingerprint density at radius 1 is 0.342 bits per heavy atom. The minimum atomic E-state index is 0.439. The molecule has 0 amide bonds. The zero-order valence-corrected chi connectivity index (χ0v) is 28.1. The first-order valence-electron chi connectivity index (χ1n) is 17.9. The molecule has 0 aliphatic carbocycles. The Labute approximate surface area is 248 Å². The number of nitrogens with one attached hydrogen (secondary N) is 1. The quantitative estimate of drug-likeness (QED) is 0.0659. The SMILES string of the molecule is CCCCCCCCCCCCCCCCCC(Cl)CCCCCCCCCCCCCCCC.CNC. The van der Waals surface area contributed by atoms with Gasteiger partial charge >= 0.3 is 0 Å². The minimum absolute atomic E-state index is 0.439. The van der Waals surface area contributed by atoms with Gasteiger partial charge in [0.2, 0.25) is 0 Å². The van der Waals surface area contributed by atoms with Crippen LogP contribution in [0.25, 0.3) is 0 Å². The normalized spacial score (nSPS) is 11.9. The van der Waals surface area contributed by atoms with E-state index >= 15 is 0 Å². The first kappa shape index (κ1) is 40.4. The number of rotatable bonds is 31. The summed E-state index contributed by atoms with van der Waals surface area (Å²) in [5.74, 6) is 0. The molecule has 1 nitrogen and oxygen atoms in total. The van der Waals surface area contributed by atoms with E-state index in [0.717, 1.165) is 0 Å². The highest BCUT2D eigenvalue weighted by Crippen LogP contribution is 2.19. The predicted octanol–water partition coefficient (Wildman–Crippen LogP) is 13.6. The van der Waals surface area contributed by atoms with E-state index in [4.69, 9.17) is 11.6 Å². The van der Waals surface area contributed by atoms with Gasteiger partial charge in [-0.3, -0.25) is 0 Å². The van der Waals surface area contributed by atoms with Crippen LogP contribution in [0.3, 0.4) is 0 Å². The van der Waals surface area contributed by atoms with Crippen LogP contribution in [0.1, 0.15) is 213 Å². The topological polar surface area (TPSA) is 12.0 Å². The molecule has 2 heteroatoms. The third kappa shape index (κ3) is 40.7. The van der Waals surface area contributed by atoms with Crippen LogP contribution in [-0.2, 0) is 0 Å². The zero-order valence-electron chi connectivity index (χ0n) is 27.4. The minimum Gasteiger partial charge on any atom is -0.323 e. The van der Waals surface area contributed by atoms with Gasteiger partial charge in [0.15, 0.2) is 0 Å². The second kappa shape index (κ2) is 39.4. The summed E-state index contributed by atoms with van der Waals surface area (Å²) in [6, 6.07) is 0. The molecule has 0 heterocycles. The smallest absolute Gasteiger partial charge is 0.0336 e. The molecule has 1 unspecified atom stereocenters. The number of alkyl halides is 1. The summed E-state index contributed by atoms with van der Waals surface area (Å²) < 4.78 is 0. The Kier molecular flexibility index (Phi) is 41.9. The van der Waals surface area contributed by atoms with Crippen LogP contribution in [0.15, 0.2) is 0 Å². The second-order valence-electron chi connectivity index (χ2n) is 12.2. The van der Waals surface area contributed by atoms with Crippen LogP contribution in [0.4, 0.5) is 0 Å². The van der Waals surface area contributed by atoms with Crippen molar-refractivity contribution in [2.45, 2.75) is 218 Å². The van der Waals surface area contributed by atoms with Gasteiger partial charge in [0.25, 0.3) is 0 Å². The molecule has 0 bridgehead atoms. The second-order valence-corrected chi connectivity index (χ2v) is 12.8. The van der Waals surface area contributed by atoms with E-state index in [-0.39, 0.29) is 0 Å². The van der Waals surface area contributed by atoms with Crippen molar-refractivity contribution in [2.24, 2.45) is 0 Å². The lowest BCUT2D eigenvalue weighted by atomic mass is 10.0. The van der Waals surface area contributed by atoms with Crippen molar-refractivity contribution in [3.63, 3.8) is 0 Å². The van der Waals surface area contributed by atoms with Crippen molar-refractivity contribution in [3.8, 4) is 0 Å². The maximum atomic E-state index is 6.59. The lowest BCUT2D eigenvalue weighted by molar-refractivity contribution is 0.514. The van der Waals surface area contributed by atoms with Gasteiger partial charge < -0.3 is 5.32 Å². The number of halogens is 1.